The molecule has 190 valence electrons. The lowest BCUT2D eigenvalue weighted by Gasteiger charge is -2.32. The van der Waals surface area contributed by atoms with Crippen LogP contribution in [0.15, 0.2) is 36.5 Å². The molecule has 0 amide bonds. The van der Waals surface area contributed by atoms with E-state index in [1.807, 2.05) is 12.1 Å². The van der Waals surface area contributed by atoms with Crippen LogP contribution in [0.4, 0.5) is 20.2 Å². The molecule has 13 heteroatoms. The van der Waals surface area contributed by atoms with Crippen LogP contribution in [0.2, 0.25) is 0 Å². The summed E-state index contributed by atoms with van der Waals surface area (Å²) in [6, 6.07) is 8.96. The van der Waals surface area contributed by atoms with Crippen LogP contribution in [0.1, 0.15) is 12.1 Å². The summed E-state index contributed by atoms with van der Waals surface area (Å²) in [5, 5.41) is 0. The van der Waals surface area contributed by atoms with Crippen molar-refractivity contribution in [3.8, 4) is 11.1 Å². The van der Waals surface area contributed by atoms with Crippen molar-refractivity contribution in [3.63, 3.8) is 0 Å². The van der Waals surface area contributed by atoms with Crippen LogP contribution >= 0.6 is 0 Å². The third kappa shape index (κ3) is 4.61. The van der Waals surface area contributed by atoms with E-state index in [1.54, 1.807) is 24.4 Å². The summed E-state index contributed by atoms with van der Waals surface area (Å²) in [5.74, 6) is -3.76. The molecule has 1 atom stereocenters. The largest absolute Gasteiger partial charge is 0.326 e. The number of aromatic nitrogens is 1. The van der Waals surface area contributed by atoms with Gasteiger partial charge in [0.05, 0.1) is 23.3 Å². The SMILES string of the molecule is CN1c2cc(-c3ccnc(CN4CCN(S(C)(=O)=O)CC4)c3)ccc2N(CC2CC2(F)F)S1(=O)=O. The number of alkyl halides is 2. The van der Waals surface area contributed by atoms with Gasteiger partial charge in [-0.1, -0.05) is 6.07 Å². The van der Waals surface area contributed by atoms with Crippen molar-refractivity contribution >= 4 is 31.6 Å². The molecule has 1 unspecified atom stereocenters. The second-order valence-corrected chi connectivity index (χ2v) is 13.2. The molecule has 3 heterocycles. The zero-order chi connectivity index (χ0) is 25.2. The molecule has 0 spiro atoms. The lowest BCUT2D eigenvalue weighted by molar-refractivity contribution is 0.101. The maximum absolute atomic E-state index is 13.5. The van der Waals surface area contributed by atoms with Gasteiger partial charge in [-0.25, -0.2) is 17.2 Å². The van der Waals surface area contributed by atoms with Crippen molar-refractivity contribution < 1.29 is 25.6 Å². The van der Waals surface area contributed by atoms with Crippen LogP contribution in [0.3, 0.4) is 0 Å². The molecular weight excluding hydrogens is 500 g/mol. The van der Waals surface area contributed by atoms with Gasteiger partial charge < -0.3 is 0 Å². The molecule has 2 fully saturated rings. The first kappa shape index (κ1) is 24.3. The number of nitrogens with zero attached hydrogens (tertiary/aromatic N) is 5. The third-order valence-electron chi connectivity index (χ3n) is 6.89. The Balaban J connectivity index is 1.34. The topological polar surface area (TPSA) is 94.1 Å². The zero-order valence-corrected chi connectivity index (χ0v) is 21.1. The van der Waals surface area contributed by atoms with Gasteiger partial charge in [-0.2, -0.15) is 12.7 Å². The quantitative estimate of drug-likeness (QED) is 0.571. The highest BCUT2D eigenvalue weighted by Gasteiger charge is 2.59. The van der Waals surface area contributed by atoms with E-state index in [0.717, 1.165) is 25.4 Å². The molecule has 1 saturated heterocycles. The summed E-state index contributed by atoms with van der Waals surface area (Å²) in [6.07, 6.45) is 2.61. The van der Waals surface area contributed by atoms with Crippen LogP contribution in [0.5, 0.6) is 0 Å². The van der Waals surface area contributed by atoms with Crippen LogP contribution in [0.25, 0.3) is 11.1 Å². The molecule has 3 aliphatic rings. The predicted octanol–water partition coefficient (Wildman–Crippen LogP) is 1.98. The molecule has 5 rings (SSSR count). The van der Waals surface area contributed by atoms with E-state index in [4.69, 9.17) is 0 Å². The van der Waals surface area contributed by atoms with Crippen molar-refractivity contribution in [2.75, 3.05) is 54.6 Å². The molecule has 1 aliphatic carbocycles. The van der Waals surface area contributed by atoms with Crippen molar-refractivity contribution in [3.05, 3.63) is 42.2 Å². The molecule has 0 radical (unpaired) electrons. The highest BCUT2D eigenvalue weighted by molar-refractivity contribution is 7.94. The van der Waals surface area contributed by atoms with Crippen LogP contribution in [0, 0.1) is 5.92 Å². The predicted molar refractivity (Wildman–Crippen MR) is 129 cm³/mol. The molecule has 2 aromatic rings. The minimum absolute atomic E-state index is 0.238. The van der Waals surface area contributed by atoms with Crippen molar-refractivity contribution in [1.82, 2.24) is 14.2 Å². The number of halogens is 2. The van der Waals surface area contributed by atoms with Crippen LogP contribution in [-0.4, -0.2) is 83.0 Å². The molecule has 2 aliphatic heterocycles. The Labute approximate surface area is 204 Å². The van der Waals surface area contributed by atoms with Crippen LogP contribution in [-0.2, 0) is 26.8 Å². The molecule has 9 nitrogen and oxygen atoms in total. The number of hydrogen-bond acceptors (Lipinski definition) is 6. The van der Waals surface area contributed by atoms with E-state index < -0.39 is 32.1 Å². The number of fused-ring (bicyclic) bond motifs is 1. The van der Waals surface area contributed by atoms with Crippen molar-refractivity contribution in [2.24, 2.45) is 5.92 Å². The highest BCUT2D eigenvalue weighted by Crippen LogP contribution is 2.51. The number of rotatable bonds is 6. The van der Waals surface area contributed by atoms with E-state index in [0.29, 0.717) is 44.1 Å². The van der Waals surface area contributed by atoms with E-state index >= 15 is 0 Å². The molecule has 1 aromatic heterocycles. The summed E-state index contributed by atoms with van der Waals surface area (Å²) >= 11 is 0. The van der Waals surface area contributed by atoms with E-state index in [-0.39, 0.29) is 13.0 Å². The standard InChI is InChI=1S/C22H27F2N5O4S2/c1-26-21-12-16(3-4-20(21)29(35(26,32)33)14-18-13-22(18,23)24)17-5-6-25-19(11-17)15-27-7-9-28(10-8-27)34(2,30)31/h3-6,11-12,18H,7-10,13-15H2,1-2H3. The van der Waals surface area contributed by atoms with E-state index in [1.165, 1.54) is 17.6 Å². The molecule has 1 aromatic carbocycles. The summed E-state index contributed by atoms with van der Waals surface area (Å²) in [4.78, 5) is 6.58. The second kappa shape index (κ2) is 8.36. The maximum atomic E-state index is 13.5. The van der Waals surface area contributed by atoms with E-state index in [2.05, 4.69) is 9.88 Å². The van der Waals surface area contributed by atoms with Crippen molar-refractivity contribution in [2.45, 2.75) is 18.9 Å². The van der Waals surface area contributed by atoms with Gasteiger partial charge in [-0.05, 0) is 35.4 Å². The van der Waals surface area contributed by atoms with Gasteiger partial charge in [-0.15, -0.1) is 0 Å². The van der Waals surface area contributed by atoms with Gasteiger partial charge in [0.2, 0.25) is 10.0 Å². The zero-order valence-electron chi connectivity index (χ0n) is 19.4. The Kier molecular flexibility index (Phi) is 5.81. The minimum Gasteiger partial charge on any atom is -0.295 e. The number of sulfonamides is 1. The average molecular weight is 528 g/mol. The van der Waals surface area contributed by atoms with Gasteiger partial charge in [0.15, 0.2) is 0 Å². The van der Waals surface area contributed by atoms with Gasteiger partial charge in [0.1, 0.15) is 0 Å². The van der Waals surface area contributed by atoms with Crippen molar-refractivity contribution in [1.29, 1.82) is 0 Å². The number of pyridine rings is 1. The first-order valence-corrected chi connectivity index (χ1v) is 14.5. The summed E-state index contributed by atoms with van der Waals surface area (Å²) < 4.78 is 79.8. The Bertz CT molecular complexity index is 1360. The van der Waals surface area contributed by atoms with Gasteiger partial charge in [0, 0.05) is 64.9 Å². The number of hydrogen-bond donors (Lipinski definition) is 0. The lowest BCUT2D eigenvalue weighted by Crippen LogP contribution is -2.47. The van der Waals surface area contributed by atoms with Gasteiger partial charge in [-0.3, -0.25) is 18.5 Å². The Hall–Kier alpha value is -2.35. The smallest absolute Gasteiger partial charge is 0.295 e. The lowest BCUT2D eigenvalue weighted by atomic mass is 10.0. The molecule has 0 bridgehead atoms. The normalized spacial score (nSPS) is 23.9. The number of anilines is 2. The monoisotopic (exact) mass is 527 g/mol. The fraction of sp³-hybridized carbons (Fsp3) is 0.500. The molecule has 1 saturated carbocycles. The Morgan fingerprint density at radius 3 is 2.34 bits per heavy atom. The van der Waals surface area contributed by atoms with Gasteiger partial charge >= 0.3 is 10.2 Å². The van der Waals surface area contributed by atoms with Gasteiger partial charge in [0.25, 0.3) is 5.92 Å². The maximum Gasteiger partial charge on any atom is 0.326 e. The minimum atomic E-state index is -3.90. The fourth-order valence-corrected chi connectivity index (χ4v) is 6.90. The van der Waals surface area contributed by atoms with Crippen LogP contribution < -0.4 is 8.61 Å². The molecular formula is C22H27F2N5O4S2. The fourth-order valence-electron chi connectivity index (χ4n) is 4.62. The number of benzene rings is 1. The van der Waals surface area contributed by atoms with E-state index in [9.17, 15) is 25.6 Å². The summed E-state index contributed by atoms with van der Waals surface area (Å²) in [5.41, 5.74) is 3.30. The first-order chi connectivity index (χ1) is 16.4. The summed E-state index contributed by atoms with van der Waals surface area (Å²) in [7, 11) is -5.67. The highest BCUT2D eigenvalue weighted by atomic mass is 32.2. The second-order valence-electron chi connectivity index (χ2n) is 9.35. The third-order valence-corrected chi connectivity index (χ3v) is 9.98. The first-order valence-electron chi connectivity index (χ1n) is 11.3. The molecule has 35 heavy (non-hydrogen) atoms. The number of piperazine rings is 1. The Morgan fingerprint density at radius 1 is 1.06 bits per heavy atom. The summed E-state index contributed by atoms with van der Waals surface area (Å²) in [6.45, 7) is 2.42. The average Bonchev–Trinajstić information content (AvgIpc) is 3.36. The molecule has 0 N–H and O–H groups in total. The Morgan fingerprint density at radius 2 is 1.71 bits per heavy atom.